The van der Waals surface area contributed by atoms with Crippen molar-refractivity contribution in [2.45, 2.75) is 25.4 Å². The fraction of sp³-hybridized carbons (Fsp3) is 0.278. The summed E-state index contributed by atoms with van der Waals surface area (Å²) in [5, 5.41) is 0.346. The van der Waals surface area contributed by atoms with Gasteiger partial charge in [0.2, 0.25) is 0 Å². The third-order valence-electron chi connectivity index (χ3n) is 3.98. The van der Waals surface area contributed by atoms with Crippen molar-refractivity contribution in [3.05, 3.63) is 64.4 Å². The Morgan fingerprint density at radius 1 is 1.26 bits per heavy atom. The molecule has 0 saturated heterocycles. The number of rotatable bonds is 5. The molecule has 3 nitrogen and oxygen atoms in total. The first kappa shape index (κ1) is 15.8. The first-order chi connectivity index (χ1) is 11.1. The lowest BCUT2D eigenvalue weighted by molar-refractivity contribution is 0.0728. The Hall–Kier alpha value is -2.07. The second-order valence-electron chi connectivity index (χ2n) is 5.59. The molecule has 1 aliphatic rings. The lowest BCUT2D eigenvalue weighted by Crippen LogP contribution is -2.33. The lowest BCUT2D eigenvalue weighted by atomic mass is 10.1. The minimum atomic E-state index is -0.384. The molecule has 2 aromatic carbocycles. The minimum absolute atomic E-state index is 0.116. The zero-order valence-electron chi connectivity index (χ0n) is 12.8. The van der Waals surface area contributed by atoms with Crippen LogP contribution in [0.1, 0.15) is 28.8 Å². The predicted molar refractivity (Wildman–Crippen MR) is 87.3 cm³/mol. The Morgan fingerprint density at radius 2 is 1.96 bits per heavy atom. The molecule has 0 aliphatic heterocycles. The van der Waals surface area contributed by atoms with Gasteiger partial charge in [-0.1, -0.05) is 17.7 Å². The van der Waals surface area contributed by atoms with Crippen LogP contribution in [0.4, 0.5) is 4.39 Å². The fourth-order valence-corrected chi connectivity index (χ4v) is 2.73. The molecule has 0 unspecified atom stereocenters. The van der Waals surface area contributed by atoms with Gasteiger partial charge in [0.25, 0.3) is 5.91 Å². The highest BCUT2D eigenvalue weighted by Gasteiger charge is 2.34. The molecule has 2 aromatic rings. The van der Waals surface area contributed by atoms with Crippen molar-refractivity contribution in [2.75, 3.05) is 7.11 Å². The van der Waals surface area contributed by atoms with Crippen LogP contribution in [0.5, 0.6) is 5.75 Å². The monoisotopic (exact) mass is 333 g/mol. The molecule has 0 atom stereocenters. The molecular weight excluding hydrogens is 317 g/mol. The van der Waals surface area contributed by atoms with Crippen LogP contribution in [0.2, 0.25) is 5.02 Å². The zero-order valence-corrected chi connectivity index (χ0v) is 13.5. The zero-order chi connectivity index (χ0) is 16.4. The van der Waals surface area contributed by atoms with Crippen LogP contribution in [0, 0.1) is 5.82 Å². The molecule has 0 N–H and O–H groups in total. The Morgan fingerprint density at radius 3 is 2.52 bits per heavy atom. The van der Waals surface area contributed by atoms with E-state index in [9.17, 15) is 9.18 Å². The molecule has 1 aliphatic carbocycles. The summed E-state index contributed by atoms with van der Waals surface area (Å²) in [6, 6.07) is 11.7. The van der Waals surface area contributed by atoms with E-state index in [0.717, 1.165) is 12.8 Å². The highest BCUT2D eigenvalue weighted by Crippen LogP contribution is 2.32. The number of carbonyl (C=O) groups is 1. The van der Waals surface area contributed by atoms with Gasteiger partial charge in [0, 0.05) is 22.2 Å². The molecule has 0 bridgehead atoms. The van der Waals surface area contributed by atoms with Crippen LogP contribution in [-0.2, 0) is 6.54 Å². The second kappa shape index (κ2) is 6.59. The van der Waals surface area contributed by atoms with Crippen LogP contribution in [-0.4, -0.2) is 24.0 Å². The average molecular weight is 334 g/mol. The van der Waals surface area contributed by atoms with Crippen molar-refractivity contribution in [3.63, 3.8) is 0 Å². The van der Waals surface area contributed by atoms with Crippen LogP contribution in [0.3, 0.4) is 0 Å². The molecular formula is C18H17ClFNO2. The van der Waals surface area contributed by atoms with E-state index in [2.05, 4.69) is 0 Å². The highest BCUT2D eigenvalue weighted by atomic mass is 35.5. The van der Waals surface area contributed by atoms with Crippen LogP contribution in [0.15, 0.2) is 42.5 Å². The first-order valence-corrected chi connectivity index (χ1v) is 7.86. The van der Waals surface area contributed by atoms with Gasteiger partial charge in [-0.2, -0.15) is 0 Å². The number of benzene rings is 2. The van der Waals surface area contributed by atoms with Gasteiger partial charge in [-0.05, 0) is 49.2 Å². The van der Waals surface area contributed by atoms with E-state index >= 15 is 0 Å². The number of nitrogens with zero attached hydrogens (tertiary/aromatic N) is 1. The summed E-state index contributed by atoms with van der Waals surface area (Å²) in [5.41, 5.74) is 0.924. The Kier molecular flexibility index (Phi) is 4.53. The van der Waals surface area contributed by atoms with Gasteiger partial charge in [-0.25, -0.2) is 4.39 Å². The second-order valence-corrected chi connectivity index (χ2v) is 6.00. The third-order valence-corrected chi connectivity index (χ3v) is 4.33. The number of ether oxygens (including phenoxy) is 1. The maximum atomic E-state index is 14.0. The van der Waals surface area contributed by atoms with Crippen molar-refractivity contribution in [2.24, 2.45) is 0 Å². The summed E-state index contributed by atoms with van der Waals surface area (Å²) in [5.74, 6) is 0.192. The molecule has 0 radical (unpaired) electrons. The lowest BCUT2D eigenvalue weighted by Gasteiger charge is -2.23. The standard InChI is InChI=1S/C18H17ClFNO2/c1-23-14-9-5-12(6-10-14)18(22)21(13-7-8-13)11-15-16(19)3-2-4-17(15)20/h2-6,9-10,13H,7-8,11H2,1H3. The quantitative estimate of drug-likeness (QED) is 0.816. The van der Waals surface area contributed by atoms with E-state index in [4.69, 9.17) is 16.3 Å². The molecule has 120 valence electrons. The largest absolute Gasteiger partial charge is 0.497 e. The summed E-state index contributed by atoms with van der Waals surface area (Å²) in [4.78, 5) is 14.5. The summed E-state index contributed by atoms with van der Waals surface area (Å²) in [7, 11) is 1.58. The normalized spacial score (nSPS) is 13.7. The number of hydrogen-bond donors (Lipinski definition) is 0. The van der Waals surface area contributed by atoms with Gasteiger partial charge in [-0.3, -0.25) is 4.79 Å². The first-order valence-electron chi connectivity index (χ1n) is 7.48. The smallest absolute Gasteiger partial charge is 0.254 e. The Bertz CT molecular complexity index is 693. The fourth-order valence-electron chi connectivity index (χ4n) is 2.51. The van der Waals surface area contributed by atoms with E-state index in [1.807, 2.05) is 0 Å². The molecule has 1 amide bonds. The van der Waals surface area contributed by atoms with Gasteiger partial charge >= 0.3 is 0 Å². The van der Waals surface area contributed by atoms with Crippen molar-refractivity contribution < 1.29 is 13.9 Å². The van der Waals surface area contributed by atoms with Crippen molar-refractivity contribution in [3.8, 4) is 5.75 Å². The van der Waals surface area contributed by atoms with E-state index < -0.39 is 0 Å². The molecule has 0 heterocycles. The molecule has 0 aromatic heterocycles. The molecule has 0 spiro atoms. The van der Waals surface area contributed by atoms with E-state index in [1.165, 1.54) is 6.07 Å². The van der Waals surface area contributed by atoms with Gasteiger partial charge in [0.05, 0.1) is 13.7 Å². The molecule has 1 fully saturated rings. The van der Waals surface area contributed by atoms with E-state index in [0.29, 0.717) is 21.9 Å². The summed E-state index contributed by atoms with van der Waals surface area (Å²) >= 11 is 6.09. The van der Waals surface area contributed by atoms with E-state index in [-0.39, 0.29) is 24.3 Å². The maximum absolute atomic E-state index is 14.0. The predicted octanol–water partition coefficient (Wildman–Crippen LogP) is 4.29. The van der Waals surface area contributed by atoms with Gasteiger partial charge in [0.1, 0.15) is 11.6 Å². The van der Waals surface area contributed by atoms with Gasteiger partial charge in [-0.15, -0.1) is 0 Å². The van der Waals surface area contributed by atoms with Crippen LogP contribution >= 0.6 is 11.6 Å². The number of halogens is 2. The number of hydrogen-bond acceptors (Lipinski definition) is 2. The Balaban J connectivity index is 1.85. The molecule has 5 heteroatoms. The summed E-state index contributed by atoms with van der Waals surface area (Å²) in [6.07, 6.45) is 1.88. The molecule has 3 rings (SSSR count). The summed E-state index contributed by atoms with van der Waals surface area (Å²) in [6.45, 7) is 0.182. The number of carbonyl (C=O) groups excluding carboxylic acids is 1. The minimum Gasteiger partial charge on any atom is -0.497 e. The van der Waals surface area contributed by atoms with Crippen LogP contribution in [0.25, 0.3) is 0 Å². The van der Waals surface area contributed by atoms with Crippen LogP contribution < -0.4 is 4.74 Å². The Labute approximate surface area is 139 Å². The number of amides is 1. The van der Waals surface area contributed by atoms with Crippen molar-refractivity contribution in [1.29, 1.82) is 0 Å². The topological polar surface area (TPSA) is 29.5 Å². The van der Waals surface area contributed by atoms with Gasteiger partial charge < -0.3 is 9.64 Å². The van der Waals surface area contributed by atoms with Gasteiger partial charge in [0.15, 0.2) is 0 Å². The number of methoxy groups -OCH3 is 1. The summed E-state index contributed by atoms with van der Waals surface area (Å²) < 4.78 is 19.1. The van der Waals surface area contributed by atoms with E-state index in [1.54, 1.807) is 48.4 Å². The third kappa shape index (κ3) is 3.48. The SMILES string of the molecule is COc1ccc(C(=O)N(Cc2c(F)cccc2Cl)C2CC2)cc1. The highest BCUT2D eigenvalue weighted by molar-refractivity contribution is 6.31. The molecule has 1 saturated carbocycles. The van der Waals surface area contributed by atoms with Crippen molar-refractivity contribution >= 4 is 17.5 Å². The maximum Gasteiger partial charge on any atom is 0.254 e. The molecule has 23 heavy (non-hydrogen) atoms. The van der Waals surface area contributed by atoms with Crippen molar-refractivity contribution in [1.82, 2.24) is 4.90 Å². The average Bonchev–Trinajstić information content (AvgIpc) is 3.39.